The number of carbonyl (C=O) groups excluding carboxylic acids is 1. The van der Waals surface area contributed by atoms with Crippen LogP contribution in [-0.2, 0) is 9.84 Å². The molecule has 1 aliphatic rings. The maximum Gasteiger partial charge on any atom is 0.405 e. The maximum absolute atomic E-state index is 14.5. The van der Waals surface area contributed by atoms with Crippen molar-refractivity contribution in [3.8, 4) is 5.82 Å². The van der Waals surface area contributed by atoms with E-state index in [9.17, 15) is 31.1 Å². The molecule has 0 saturated carbocycles. The van der Waals surface area contributed by atoms with E-state index >= 15 is 0 Å². The van der Waals surface area contributed by atoms with Crippen LogP contribution in [-0.4, -0.2) is 61.6 Å². The van der Waals surface area contributed by atoms with Crippen LogP contribution in [0.25, 0.3) is 11.5 Å². The quantitative estimate of drug-likeness (QED) is 0.130. The van der Waals surface area contributed by atoms with E-state index in [1.165, 1.54) is 6.20 Å². The minimum atomic E-state index is -4.98. The molecule has 11 nitrogen and oxygen atoms in total. The molecule has 4 aromatic rings. The number of aromatic nitrogens is 7. The number of hydrogen-bond donors (Lipinski definition) is 1. The van der Waals surface area contributed by atoms with Gasteiger partial charge in [0.05, 0.1) is 53.9 Å². The molecule has 2 atom stereocenters. The number of nitrogens with zero attached hydrogens (tertiary/aromatic N) is 8. The first-order chi connectivity index (χ1) is 21.3. The Morgan fingerprint density at radius 1 is 1.13 bits per heavy atom. The summed E-state index contributed by atoms with van der Waals surface area (Å²) in [6.07, 6.45) is -4.54. The second-order valence-corrected chi connectivity index (χ2v) is 17.2. The summed E-state index contributed by atoms with van der Waals surface area (Å²) < 4.78 is 93.0. The van der Waals surface area contributed by atoms with Gasteiger partial charge in [0.2, 0.25) is 5.95 Å². The molecule has 1 N–H and O–H groups in total. The molecule has 0 spiro atoms. The van der Waals surface area contributed by atoms with Gasteiger partial charge in [0.15, 0.2) is 19.8 Å². The molecule has 5 rings (SSSR count). The number of fused-ring (bicyclic) bond motifs is 3. The van der Waals surface area contributed by atoms with Crippen LogP contribution in [0.3, 0.4) is 0 Å². The van der Waals surface area contributed by atoms with Crippen LogP contribution in [0.1, 0.15) is 57.2 Å². The largest absolute Gasteiger partial charge is 0.409 e. The number of anilines is 2. The first-order valence-corrected chi connectivity index (χ1v) is 16.9. The molecular formula is C28H31F6N9O2Si. The molecule has 4 aromatic heterocycles. The van der Waals surface area contributed by atoms with Crippen molar-refractivity contribution in [3.63, 3.8) is 0 Å². The molecule has 5 heterocycles. The lowest BCUT2D eigenvalue weighted by Crippen LogP contribution is -2.47. The summed E-state index contributed by atoms with van der Waals surface area (Å²) in [7, 11) is -2.19. The third kappa shape index (κ3) is 5.52. The normalized spacial score (nSPS) is 17.9. The number of halogens is 6. The fraction of sp³-hybridized carbons (Fsp3) is 0.429. The fourth-order valence-corrected chi connectivity index (χ4v) is 6.27. The minimum absolute atomic E-state index is 0.0845. The summed E-state index contributed by atoms with van der Waals surface area (Å²) in [6.45, 7) is 14.5. The SMILES string of the molecule is C=C[C@@]1(C(F)(F)F)CN(C(=O)Nc2cnc(-n3ncc(C(C)O[Si](C)(C)C(C)(C)C)n3)c(C(F)F)c2)c2cnc3cc(F)nn3c21. The van der Waals surface area contributed by atoms with E-state index in [2.05, 4.69) is 71.0 Å². The second-order valence-electron chi connectivity index (χ2n) is 12.4. The van der Waals surface area contributed by atoms with Crippen molar-refractivity contribution in [2.75, 3.05) is 16.8 Å². The number of hydrogen-bond acceptors (Lipinski definition) is 7. The number of rotatable bonds is 7. The Kier molecular flexibility index (Phi) is 8.03. The van der Waals surface area contributed by atoms with Gasteiger partial charge in [-0.15, -0.1) is 21.6 Å². The maximum atomic E-state index is 14.5. The molecule has 18 heteroatoms. The fourth-order valence-electron chi connectivity index (χ4n) is 4.91. The van der Waals surface area contributed by atoms with Gasteiger partial charge in [-0.3, -0.25) is 4.90 Å². The van der Waals surface area contributed by atoms with Gasteiger partial charge in [-0.1, -0.05) is 26.8 Å². The minimum Gasteiger partial charge on any atom is -0.409 e. The summed E-state index contributed by atoms with van der Waals surface area (Å²) in [4.78, 5) is 23.0. The lowest BCUT2D eigenvalue weighted by Gasteiger charge is -2.38. The van der Waals surface area contributed by atoms with Gasteiger partial charge in [0, 0.05) is 6.07 Å². The number of alkyl halides is 5. The third-order valence-electron chi connectivity index (χ3n) is 8.43. The average Bonchev–Trinajstić information content (AvgIpc) is 3.67. The van der Waals surface area contributed by atoms with Crippen molar-refractivity contribution < 1.29 is 35.6 Å². The van der Waals surface area contributed by atoms with Crippen molar-refractivity contribution in [1.82, 2.24) is 34.6 Å². The van der Waals surface area contributed by atoms with Crippen LogP contribution >= 0.6 is 0 Å². The van der Waals surface area contributed by atoms with E-state index in [0.29, 0.717) is 21.2 Å². The highest BCUT2D eigenvalue weighted by Gasteiger charge is 2.62. The zero-order valence-electron chi connectivity index (χ0n) is 25.7. The Bertz CT molecular complexity index is 1820. The Balaban J connectivity index is 1.44. The van der Waals surface area contributed by atoms with Crippen LogP contribution in [0.15, 0.2) is 43.4 Å². The summed E-state index contributed by atoms with van der Waals surface area (Å²) in [6, 6.07) is 0.648. The lowest BCUT2D eigenvalue weighted by atomic mass is 9.85. The van der Waals surface area contributed by atoms with Gasteiger partial charge in [0.25, 0.3) is 6.43 Å². The molecule has 0 saturated heterocycles. The van der Waals surface area contributed by atoms with Crippen LogP contribution in [0.5, 0.6) is 0 Å². The molecule has 0 bridgehead atoms. The number of urea groups is 1. The Morgan fingerprint density at radius 3 is 2.43 bits per heavy atom. The van der Waals surface area contributed by atoms with Crippen molar-refractivity contribution in [1.29, 1.82) is 0 Å². The van der Waals surface area contributed by atoms with E-state index in [-0.39, 0.29) is 27.9 Å². The Labute approximate surface area is 260 Å². The predicted octanol–water partition coefficient (Wildman–Crippen LogP) is 6.90. The molecule has 1 aliphatic heterocycles. The summed E-state index contributed by atoms with van der Waals surface area (Å²) >= 11 is 0. The van der Waals surface area contributed by atoms with Gasteiger partial charge in [-0.05, 0) is 31.1 Å². The number of pyridine rings is 1. The topological polar surface area (TPSA) is 115 Å². The standard InChI is InChI=1S/C28H31F6N9O2Si/c1-8-27(28(32,33)34)14-41(19-13-35-21-10-20(29)40-42(21)22(19)27)25(44)38-16-9-17(23(30)31)24(36-11-16)43-37-12-18(39-43)15(2)45-46(6,7)26(3,4)5/h8-13,15,23H,1,14H2,2-7H3,(H,38,44)/t15?,27-/m1/s1. The van der Waals surface area contributed by atoms with Gasteiger partial charge < -0.3 is 9.74 Å². The molecule has 0 aromatic carbocycles. The lowest BCUT2D eigenvalue weighted by molar-refractivity contribution is -0.172. The Morgan fingerprint density at radius 2 is 1.83 bits per heavy atom. The molecular weight excluding hydrogens is 636 g/mol. The van der Waals surface area contributed by atoms with Crippen LogP contribution in [0.2, 0.25) is 18.1 Å². The highest BCUT2D eigenvalue weighted by Crippen LogP contribution is 2.51. The van der Waals surface area contributed by atoms with Crippen molar-refractivity contribution in [2.24, 2.45) is 0 Å². The monoisotopic (exact) mass is 667 g/mol. The Hall–Kier alpha value is -4.32. The molecule has 0 radical (unpaired) electrons. The van der Waals surface area contributed by atoms with Gasteiger partial charge in [-0.2, -0.15) is 22.7 Å². The first kappa shape index (κ1) is 33.1. The molecule has 0 fully saturated rings. The third-order valence-corrected chi connectivity index (χ3v) is 13.0. The first-order valence-electron chi connectivity index (χ1n) is 14.0. The molecule has 46 heavy (non-hydrogen) atoms. The van der Waals surface area contributed by atoms with Crippen LogP contribution < -0.4 is 10.2 Å². The van der Waals surface area contributed by atoms with Crippen molar-refractivity contribution in [2.45, 2.75) is 69.9 Å². The molecule has 1 unspecified atom stereocenters. The summed E-state index contributed by atoms with van der Waals surface area (Å²) in [5, 5.41) is 14.1. The number of nitrogens with one attached hydrogen (secondary N) is 1. The average molecular weight is 668 g/mol. The second kappa shape index (κ2) is 11.2. The van der Waals surface area contributed by atoms with Crippen molar-refractivity contribution >= 4 is 31.4 Å². The van der Waals surface area contributed by atoms with E-state index < -0.39 is 62.2 Å². The highest BCUT2D eigenvalue weighted by atomic mass is 28.4. The zero-order valence-corrected chi connectivity index (χ0v) is 26.7. The predicted molar refractivity (Wildman–Crippen MR) is 158 cm³/mol. The van der Waals surface area contributed by atoms with E-state index in [4.69, 9.17) is 4.43 Å². The van der Waals surface area contributed by atoms with Crippen LogP contribution in [0.4, 0.5) is 42.5 Å². The van der Waals surface area contributed by atoms with E-state index in [1.54, 1.807) is 6.92 Å². The molecule has 246 valence electrons. The molecule has 2 amide bonds. The van der Waals surface area contributed by atoms with Gasteiger partial charge in [-0.25, -0.2) is 28.1 Å². The zero-order chi connectivity index (χ0) is 34.0. The molecule has 0 aliphatic carbocycles. The van der Waals surface area contributed by atoms with Gasteiger partial charge >= 0.3 is 12.2 Å². The number of carbonyl (C=O) groups is 1. The van der Waals surface area contributed by atoms with Gasteiger partial charge in [0.1, 0.15) is 11.1 Å². The van der Waals surface area contributed by atoms with E-state index in [1.807, 2.05) is 0 Å². The van der Waals surface area contributed by atoms with Crippen LogP contribution in [0, 0.1) is 5.95 Å². The number of amides is 2. The summed E-state index contributed by atoms with van der Waals surface area (Å²) in [5.41, 5.74) is -4.45. The van der Waals surface area contributed by atoms with E-state index in [0.717, 1.165) is 29.3 Å². The smallest absolute Gasteiger partial charge is 0.405 e. The summed E-state index contributed by atoms with van der Waals surface area (Å²) in [5.74, 6) is -1.40. The highest BCUT2D eigenvalue weighted by molar-refractivity contribution is 6.74. The van der Waals surface area contributed by atoms with Crippen molar-refractivity contribution in [3.05, 3.63) is 66.3 Å².